The van der Waals surface area contributed by atoms with Gasteiger partial charge in [0.1, 0.15) is 5.75 Å². The zero-order valence-electron chi connectivity index (χ0n) is 14.4. The normalized spacial score (nSPS) is 16.7. The van der Waals surface area contributed by atoms with Crippen LogP contribution in [-0.4, -0.2) is 25.5 Å². The van der Waals surface area contributed by atoms with Crippen LogP contribution in [0, 0.1) is 12.8 Å². The highest BCUT2D eigenvalue weighted by Crippen LogP contribution is 2.33. The van der Waals surface area contributed by atoms with Crippen LogP contribution < -0.4 is 15.0 Å². The fourth-order valence-electron chi connectivity index (χ4n) is 3.02. The van der Waals surface area contributed by atoms with Crippen molar-refractivity contribution >= 4 is 46.4 Å². The molecule has 0 aliphatic carbocycles. The van der Waals surface area contributed by atoms with Crippen molar-refractivity contribution in [2.75, 3.05) is 23.9 Å². The second-order valence-electron chi connectivity index (χ2n) is 6.12. The highest BCUT2D eigenvalue weighted by Gasteiger charge is 2.36. The Morgan fingerprint density at radius 1 is 1.27 bits per heavy atom. The van der Waals surface area contributed by atoms with Gasteiger partial charge in [0.05, 0.1) is 18.7 Å². The molecule has 7 heteroatoms. The second kappa shape index (κ2) is 7.56. The van der Waals surface area contributed by atoms with Crippen LogP contribution >= 0.6 is 23.2 Å². The first-order valence-corrected chi connectivity index (χ1v) is 8.86. The summed E-state index contributed by atoms with van der Waals surface area (Å²) in [6, 6.07) is 10.4. The minimum absolute atomic E-state index is 0.103. The number of hydrogen-bond acceptors (Lipinski definition) is 3. The lowest BCUT2D eigenvalue weighted by atomic mass is 10.1. The predicted octanol–water partition coefficient (Wildman–Crippen LogP) is 4.30. The van der Waals surface area contributed by atoms with Gasteiger partial charge in [-0.15, -0.1) is 0 Å². The molecule has 5 nitrogen and oxygen atoms in total. The highest BCUT2D eigenvalue weighted by molar-refractivity contribution is 6.32. The number of rotatable bonds is 4. The Kier molecular flexibility index (Phi) is 5.39. The van der Waals surface area contributed by atoms with Crippen LogP contribution in [0.2, 0.25) is 10.0 Å². The number of carbonyl (C=O) groups excluding carboxylic acids is 2. The van der Waals surface area contributed by atoms with Crippen LogP contribution in [0.15, 0.2) is 36.4 Å². The van der Waals surface area contributed by atoms with Gasteiger partial charge in [0.2, 0.25) is 11.8 Å². The SMILES string of the molecule is COc1ccc(Cl)cc1NC(=O)[C@H]1CC(=O)N(c2cccc(Cl)c2C)C1. The maximum absolute atomic E-state index is 12.7. The molecule has 0 radical (unpaired) electrons. The molecule has 1 aliphatic rings. The number of halogens is 2. The molecule has 1 saturated heterocycles. The number of nitrogens with zero attached hydrogens (tertiary/aromatic N) is 1. The van der Waals surface area contributed by atoms with Crippen molar-refractivity contribution in [3.63, 3.8) is 0 Å². The fourth-order valence-corrected chi connectivity index (χ4v) is 3.36. The number of anilines is 2. The Balaban J connectivity index is 1.77. The molecule has 1 heterocycles. The quantitative estimate of drug-likeness (QED) is 0.843. The summed E-state index contributed by atoms with van der Waals surface area (Å²) in [7, 11) is 1.52. The van der Waals surface area contributed by atoms with Crippen LogP contribution in [0.4, 0.5) is 11.4 Å². The molecule has 3 rings (SSSR count). The Labute approximate surface area is 161 Å². The van der Waals surface area contributed by atoms with Gasteiger partial charge in [-0.2, -0.15) is 0 Å². The Morgan fingerprint density at radius 3 is 2.77 bits per heavy atom. The molecule has 0 unspecified atom stereocenters. The van der Waals surface area contributed by atoms with E-state index in [1.165, 1.54) is 7.11 Å². The molecule has 1 aliphatic heterocycles. The lowest BCUT2D eigenvalue weighted by molar-refractivity contribution is -0.122. The molecule has 1 N–H and O–H groups in total. The minimum atomic E-state index is -0.468. The van der Waals surface area contributed by atoms with Crippen LogP contribution in [0.5, 0.6) is 5.75 Å². The summed E-state index contributed by atoms with van der Waals surface area (Å²) in [5.74, 6) is -0.311. The standard InChI is InChI=1S/C19H18Cl2N2O3/c1-11-14(21)4-3-5-16(11)23-10-12(8-18(23)24)19(25)22-15-9-13(20)6-7-17(15)26-2/h3-7,9,12H,8,10H2,1-2H3,(H,22,25)/t12-/m0/s1. The van der Waals surface area contributed by atoms with Gasteiger partial charge in [-0.3, -0.25) is 9.59 Å². The van der Waals surface area contributed by atoms with Gasteiger partial charge < -0.3 is 15.0 Å². The summed E-state index contributed by atoms with van der Waals surface area (Å²) >= 11 is 12.1. The van der Waals surface area contributed by atoms with Gasteiger partial charge in [0, 0.05) is 28.7 Å². The lowest BCUT2D eigenvalue weighted by Gasteiger charge is -2.20. The van der Waals surface area contributed by atoms with E-state index in [9.17, 15) is 9.59 Å². The number of benzene rings is 2. The third kappa shape index (κ3) is 3.64. The van der Waals surface area contributed by atoms with Crippen molar-refractivity contribution in [1.29, 1.82) is 0 Å². The molecule has 26 heavy (non-hydrogen) atoms. The van der Waals surface area contributed by atoms with Gasteiger partial charge in [-0.25, -0.2) is 0 Å². The van der Waals surface area contributed by atoms with Gasteiger partial charge in [-0.05, 0) is 42.8 Å². The van der Waals surface area contributed by atoms with Gasteiger partial charge in [0.25, 0.3) is 0 Å². The van der Waals surface area contributed by atoms with E-state index in [0.717, 1.165) is 11.3 Å². The van der Waals surface area contributed by atoms with Crippen molar-refractivity contribution in [3.05, 3.63) is 52.0 Å². The number of methoxy groups -OCH3 is 1. The van der Waals surface area contributed by atoms with E-state index in [4.69, 9.17) is 27.9 Å². The van der Waals surface area contributed by atoms with E-state index in [1.54, 1.807) is 35.2 Å². The second-order valence-corrected chi connectivity index (χ2v) is 6.97. The summed E-state index contributed by atoms with van der Waals surface area (Å²) in [5, 5.41) is 3.89. The maximum atomic E-state index is 12.7. The van der Waals surface area contributed by atoms with E-state index >= 15 is 0 Å². The molecule has 0 bridgehead atoms. The monoisotopic (exact) mass is 392 g/mol. The van der Waals surface area contributed by atoms with Gasteiger partial charge in [-0.1, -0.05) is 29.3 Å². The summed E-state index contributed by atoms with van der Waals surface area (Å²) in [6.45, 7) is 2.16. The van der Waals surface area contributed by atoms with Crippen molar-refractivity contribution in [2.24, 2.45) is 5.92 Å². The van der Waals surface area contributed by atoms with Gasteiger partial charge >= 0.3 is 0 Å². The van der Waals surface area contributed by atoms with Gasteiger partial charge in [0.15, 0.2) is 0 Å². The minimum Gasteiger partial charge on any atom is -0.495 e. The lowest BCUT2D eigenvalue weighted by Crippen LogP contribution is -2.28. The third-order valence-electron chi connectivity index (χ3n) is 4.45. The van der Waals surface area contributed by atoms with E-state index < -0.39 is 5.92 Å². The largest absolute Gasteiger partial charge is 0.495 e. The molecule has 2 aromatic carbocycles. The van der Waals surface area contributed by atoms with E-state index in [-0.39, 0.29) is 18.2 Å². The van der Waals surface area contributed by atoms with Crippen molar-refractivity contribution in [2.45, 2.75) is 13.3 Å². The van der Waals surface area contributed by atoms with Crippen LogP contribution in [-0.2, 0) is 9.59 Å². The number of hydrogen-bond donors (Lipinski definition) is 1. The molecular weight excluding hydrogens is 375 g/mol. The fraction of sp³-hybridized carbons (Fsp3) is 0.263. The number of nitrogens with one attached hydrogen (secondary N) is 1. The van der Waals surface area contributed by atoms with Crippen LogP contribution in [0.3, 0.4) is 0 Å². The van der Waals surface area contributed by atoms with E-state index in [1.807, 2.05) is 13.0 Å². The van der Waals surface area contributed by atoms with E-state index in [0.29, 0.717) is 28.0 Å². The number of amides is 2. The first-order valence-electron chi connectivity index (χ1n) is 8.10. The first-order chi connectivity index (χ1) is 12.4. The molecule has 2 aromatic rings. The molecular formula is C19H18Cl2N2O3. The average molecular weight is 393 g/mol. The molecule has 0 spiro atoms. The van der Waals surface area contributed by atoms with Crippen LogP contribution in [0.25, 0.3) is 0 Å². The molecule has 1 atom stereocenters. The molecule has 0 aromatic heterocycles. The average Bonchev–Trinajstić information content (AvgIpc) is 2.99. The molecule has 0 saturated carbocycles. The first kappa shape index (κ1) is 18.5. The van der Waals surface area contributed by atoms with Crippen molar-refractivity contribution in [1.82, 2.24) is 0 Å². The highest BCUT2D eigenvalue weighted by atomic mass is 35.5. The van der Waals surface area contributed by atoms with Crippen LogP contribution in [0.1, 0.15) is 12.0 Å². The predicted molar refractivity (Wildman–Crippen MR) is 103 cm³/mol. The third-order valence-corrected chi connectivity index (χ3v) is 5.09. The summed E-state index contributed by atoms with van der Waals surface area (Å²) in [6.07, 6.45) is 0.140. The maximum Gasteiger partial charge on any atom is 0.229 e. The topological polar surface area (TPSA) is 58.6 Å². The van der Waals surface area contributed by atoms with Crippen molar-refractivity contribution in [3.8, 4) is 5.75 Å². The number of carbonyl (C=O) groups is 2. The Hall–Kier alpha value is -2.24. The molecule has 136 valence electrons. The zero-order chi connectivity index (χ0) is 18.8. The zero-order valence-corrected chi connectivity index (χ0v) is 15.9. The van der Waals surface area contributed by atoms with E-state index in [2.05, 4.69) is 5.32 Å². The van der Waals surface area contributed by atoms with Crippen molar-refractivity contribution < 1.29 is 14.3 Å². The number of ether oxygens (including phenoxy) is 1. The summed E-state index contributed by atoms with van der Waals surface area (Å²) < 4.78 is 5.24. The molecule has 1 fully saturated rings. The summed E-state index contributed by atoms with van der Waals surface area (Å²) in [5.41, 5.74) is 2.04. The molecule has 2 amide bonds. The Bertz CT molecular complexity index is 870. The Morgan fingerprint density at radius 2 is 2.04 bits per heavy atom. The smallest absolute Gasteiger partial charge is 0.229 e. The summed E-state index contributed by atoms with van der Waals surface area (Å²) in [4.78, 5) is 26.7.